The second-order valence-corrected chi connectivity index (χ2v) is 12.7. The molecule has 4 aliphatic carbocycles. The predicted octanol–water partition coefficient (Wildman–Crippen LogP) is 5.13. The molecule has 0 radical (unpaired) electrons. The van der Waals surface area contributed by atoms with Crippen LogP contribution in [-0.2, 0) is 9.47 Å². The van der Waals surface area contributed by atoms with E-state index in [2.05, 4.69) is 26.3 Å². The van der Waals surface area contributed by atoms with Crippen molar-refractivity contribution in [2.24, 2.45) is 23.2 Å². The summed E-state index contributed by atoms with van der Waals surface area (Å²) in [6, 6.07) is 16.8. The van der Waals surface area contributed by atoms with Crippen molar-refractivity contribution in [3.8, 4) is 5.75 Å². The van der Waals surface area contributed by atoms with E-state index in [9.17, 15) is 4.79 Å². The Balaban J connectivity index is 0.960. The Kier molecular flexibility index (Phi) is 10.3. The van der Waals surface area contributed by atoms with E-state index in [0.717, 1.165) is 35.7 Å². The van der Waals surface area contributed by atoms with Gasteiger partial charge in [0, 0.05) is 30.9 Å². The first-order chi connectivity index (χ1) is 22.1. The number of aromatic nitrogens is 3. The van der Waals surface area contributed by atoms with Gasteiger partial charge in [0.15, 0.2) is 0 Å². The Morgan fingerprint density at radius 3 is 2.00 bits per heavy atom. The second kappa shape index (κ2) is 14.9. The fourth-order valence-electron chi connectivity index (χ4n) is 7.65. The number of nitrogens with zero attached hydrogens (tertiary/aromatic N) is 3. The fraction of sp³-hybridized carbons (Fsp3) is 0.529. The number of rotatable bonds is 17. The van der Waals surface area contributed by atoms with Gasteiger partial charge < -0.3 is 35.5 Å². The Hall–Kier alpha value is -3.96. The van der Waals surface area contributed by atoms with Gasteiger partial charge in [0.25, 0.3) is 5.91 Å². The molecule has 11 nitrogen and oxygen atoms in total. The van der Waals surface area contributed by atoms with E-state index < -0.39 is 0 Å². The minimum atomic E-state index is -0.103. The zero-order valence-corrected chi connectivity index (χ0v) is 26.1. The van der Waals surface area contributed by atoms with Gasteiger partial charge in [0.1, 0.15) is 5.75 Å². The molecule has 4 saturated carbocycles. The van der Waals surface area contributed by atoms with Crippen LogP contribution in [0.4, 0.5) is 23.5 Å². The number of amides is 1. The van der Waals surface area contributed by atoms with Crippen molar-refractivity contribution in [2.45, 2.75) is 38.5 Å². The molecule has 4 bridgehead atoms. The molecule has 3 aromatic rings. The van der Waals surface area contributed by atoms with Crippen LogP contribution in [0.15, 0.2) is 54.6 Å². The molecule has 0 unspecified atom stereocenters. The van der Waals surface area contributed by atoms with Crippen LogP contribution in [-0.4, -0.2) is 74.0 Å². The first-order valence-corrected chi connectivity index (χ1v) is 16.2. The molecule has 1 aromatic heterocycles. The molecule has 0 spiro atoms. The van der Waals surface area contributed by atoms with Crippen LogP contribution < -0.4 is 26.0 Å². The minimum absolute atomic E-state index is 0.103. The number of ether oxygens (including phenoxy) is 3. The van der Waals surface area contributed by atoms with E-state index in [-0.39, 0.29) is 5.91 Å². The lowest BCUT2D eigenvalue weighted by molar-refractivity contribution is -0.0445. The van der Waals surface area contributed by atoms with Crippen molar-refractivity contribution in [3.63, 3.8) is 0 Å². The summed E-state index contributed by atoms with van der Waals surface area (Å²) in [5.74, 6) is 4.91. The minimum Gasteiger partial charge on any atom is -0.497 e. The van der Waals surface area contributed by atoms with E-state index in [1.807, 2.05) is 42.5 Å². The van der Waals surface area contributed by atoms with Crippen molar-refractivity contribution in [3.05, 3.63) is 60.2 Å². The molecule has 4 fully saturated rings. The van der Waals surface area contributed by atoms with Crippen molar-refractivity contribution < 1.29 is 19.0 Å². The van der Waals surface area contributed by atoms with Crippen LogP contribution in [0.3, 0.4) is 0 Å². The summed E-state index contributed by atoms with van der Waals surface area (Å²) in [5.41, 5.74) is 1.87. The number of anilines is 4. The van der Waals surface area contributed by atoms with Crippen LogP contribution in [0.5, 0.6) is 5.75 Å². The summed E-state index contributed by atoms with van der Waals surface area (Å²) in [5, 5.41) is 13.0. The molecule has 4 aliphatic rings. The summed E-state index contributed by atoms with van der Waals surface area (Å²) in [6.07, 6.45) is 8.25. The van der Waals surface area contributed by atoms with Gasteiger partial charge in [-0.05, 0) is 98.1 Å². The molecule has 1 heterocycles. The van der Waals surface area contributed by atoms with E-state index in [0.29, 0.717) is 68.3 Å². The van der Waals surface area contributed by atoms with E-state index in [4.69, 9.17) is 24.2 Å². The molecule has 1 amide bonds. The summed E-state index contributed by atoms with van der Waals surface area (Å²) in [7, 11) is 1.65. The zero-order chi connectivity index (χ0) is 30.9. The van der Waals surface area contributed by atoms with E-state index >= 15 is 0 Å². The summed E-state index contributed by atoms with van der Waals surface area (Å²) in [6.45, 7) is 3.68. The molecule has 0 saturated heterocycles. The number of carbonyl (C=O) groups is 1. The van der Waals surface area contributed by atoms with Gasteiger partial charge >= 0.3 is 0 Å². The van der Waals surface area contributed by atoms with Gasteiger partial charge in [-0.3, -0.25) is 4.79 Å². The molecule has 7 rings (SSSR count). The average Bonchev–Trinajstić information content (AvgIpc) is 3.05. The quantitative estimate of drug-likeness (QED) is 0.152. The lowest BCUT2D eigenvalue weighted by Crippen LogP contribution is -2.49. The second-order valence-electron chi connectivity index (χ2n) is 12.7. The van der Waals surface area contributed by atoms with Crippen molar-refractivity contribution in [1.29, 1.82) is 0 Å². The number of methoxy groups -OCH3 is 1. The third-order valence-corrected chi connectivity index (χ3v) is 9.24. The fourth-order valence-corrected chi connectivity index (χ4v) is 7.65. The summed E-state index contributed by atoms with van der Waals surface area (Å²) in [4.78, 5) is 26.1. The Bertz CT molecular complexity index is 1350. The largest absolute Gasteiger partial charge is 0.497 e. The highest BCUT2D eigenvalue weighted by Crippen LogP contribution is 2.59. The summed E-state index contributed by atoms with van der Waals surface area (Å²) >= 11 is 0. The van der Waals surface area contributed by atoms with Crippen molar-refractivity contribution >= 4 is 29.4 Å². The van der Waals surface area contributed by atoms with Gasteiger partial charge in [0.05, 0.1) is 33.5 Å². The number of hydrogen-bond acceptors (Lipinski definition) is 10. The SMILES string of the molecule is COc1ccc(Nc2nc(NCCOCCOCCNC(=O)c3ccccc3)nc(NCC34CC5CC(CC(C5)C3)C4)n2)cc1. The molecule has 4 N–H and O–H groups in total. The maximum atomic E-state index is 12.1. The highest BCUT2D eigenvalue weighted by molar-refractivity contribution is 5.94. The Morgan fingerprint density at radius 2 is 1.36 bits per heavy atom. The van der Waals surface area contributed by atoms with Crippen LogP contribution in [0.25, 0.3) is 0 Å². The highest BCUT2D eigenvalue weighted by Gasteiger charge is 2.50. The lowest BCUT2D eigenvalue weighted by Gasteiger charge is -2.56. The Labute approximate surface area is 265 Å². The molecular weight excluding hydrogens is 570 g/mol. The zero-order valence-electron chi connectivity index (χ0n) is 26.1. The third kappa shape index (κ3) is 8.61. The Morgan fingerprint density at radius 1 is 0.756 bits per heavy atom. The van der Waals surface area contributed by atoms with Crippen LogP contribution in [0.1, 0.15) is 48.9 Å². The van der Waals surface area contributed by atoms with Crippen LogP contribution in [0.2, 0.25) is 0 Å². The average molecular weight is 616 g/mol. The smallest absolute Gasteiger partial charge is 0.251 e. The van der Waals surface area contributed by atoms with Gasteiger partial charge in [-0.15, -0.1) is 0 Å². The molecule has 45 heavy (non-hydrogen) atoms. The molecule has 240 valence electrons. The number of benzene rings is 2. The number of nitrogens with one attached hydrogen (secondary N) is 4. The monoisotopic (exact) mass is 615 g/mol. The highest BCUT2D eigenvalue weighted by atomic mass is 16.5. The van der Waals surface area contributed by atoms with E-state index in [1.54, 1.807) is 19.2 Å². The molecule has 11 heteroatoms. The topological polar surface area (TPSA) is 132 Å². The first kappa shape index (κ1) is 31.0. The van der Waals surface area contributed by atoms with Gasteiger partial charge in [-0.1, -0.05) is 18.2 Å². The van der Waals surface area contributed by atoms with Gasteiger partial charge in [0.2, 0.25) is 17.8 Å². The van der Waals surface area contributed by atoms with E-state index in [1.165, 1.54) is 38.5 Å². The maximum absolute atomic E-state index is 12.1. The van der Waals surface area contributed by atoms with Crippen LogP contribution in [0, 0.1) is 23.2 Å². The molecular formula is C34H45N7O4. The number of hydrogen-bond donors (Lipinski definition) is 4. The van der Waals surface area contributed by atoms with Gasteiger partial charge in [-0.25, -0.2) is 0 Å². The summed E-state index contributed by atoms with van der Waals surface area (Å²) < 4.78 is 16.6. The third-order valence-electron chi connectivity index (χ3n) is 9.24. The van der Waals surface area contributed by atoms with Crippen molar-refractivity contribution in [2.75, 3.05) is 69.1 Å². The normalized spacial score (nSPS) is 23.0. The number of carbonyl (C=O) groups excluding carboxylic acids is 1. The maximum Gasteiger partial charge on any atom is 0.251 e. The molecule has 0 atom stereocenters. The molecule has 0 aliphatic heterocycles. The first-order valence-electron chi connectivity index (χ1n) is 16.2. The lowest BCUT2D eigenvalue weighted by atomic mass is 9.49. The van der Waals surface area contributed by atoms with Crippen molar-refractivity contribution in [1.82, 2.24) is 20.3 Å². The van der Waals surface area contributed by atoms with Gasteiger partial charge in [-0.2, -0.15) is 15.0 Å². The predicted molar refractivity (Wildman–Crippen MR) is 174 cm³/mol. The molecule has 2 aromatic carbocycles. The standard InChI is InChI=1S/C34H45N7O4/c1-43-29-9-7-28(8-10-29)38-33-40-31(36-12-14-45-16-15-44-13-11-35-30(42)27-5-3-2-4-6-27)39-32(41-33)37-23-34-20-24-17-25(21-34)19-26(18-24)22-34/h2-10,24-26H,11-23H2,1H3,(H,35,42)(H3,36,37,38,39,40,41). The van der Waals surface area contributed by atoms with Crippen LogP contribution >= 0.6 is 0 Å².